The van der Waals surface area contributed by atoms with E-state index in [4.69, 9.17) is 15.2 Å². The molecule has 0 aliphatic heterocycles. The quantitative estimate of drug-likeness (QED) is 0.101. The fraction of sp³-hybridized carbons (Fsp3) is 0.314. The number of hydrogen-bond acceptors (Lipinski definition) is 9. The van der Waals surface area contributed by atoms with Crippen molar-refractivity contribution in [1.29, 1.82) is 0 Å². The first-order valence-corrected chi connectivity index (χ1v) is 15.5. The summed E-state index contributed by atoms with van der Waals surface area (Å²) in [5.74, 6) is 1.44. The molecule has 0 atom stereocenters. The lowest BCUT2D eigenvalue weighted by Gasteiger charge is -2.20. The van der Waals surface area contributed by atoms with Crippen LogP contribution in [-0.2, 0) is 0 Å². The average Bonchev–Trinajstić information content (AvgIpc) is 3.08. The first kappa shape index (κ1) is 29.6. The van der Waals surface area contributed by atoms with E-state index in [1.54, 1.807) is 24.8 Å². The third-order valence-corrected chi connectivity index (χ3v) is 7.73. The number of nitrogens with zero attached hydrogens (tertiary/aromatic N) is 4. The Morgan fingerprint density at radius 3 is 1.68 bits per heavy atom. The number of fused-ring (bicyclic) bond motifs is 6. The van der Waals surface area contributed by atoms with Crippen molar-refractivity contribution < 1.29 is 9.47 Å². The number of aromatic nitrogens is 4. The summed E-state index contributed by atoms with van der Waals surface area (Å²) in [6, 6.07) is 20.3. The third kappa shape index (κ3) is 7.37. The van der Waals surface area contributed by atoms with E-state index < -0.39 is 0 Å². The van der Waals surface area contributed by atoms with Crippen LogP contribution in [0.25, 0.3) is 43.6 Å². The average molecular weight is 590 g/mol. The summed E-state index contributed by atoms with van der Waals surface area (Å²) in [7, 11) is 0. The lowest BCUT2D eigenvalue weighted by atomic mass is 10.1. The summed E-state index contributed by atoms with van der Waals surface area (Å²) in [4.78, 5) is 18.4. The van der Waals surface area contributed by atoms with Gasteiger partial charge in [-0.25, -0.2) is 0 Å². The van der Waals surface area contributed by atoms with E-state index in [0.29, 0.717) is 19.8 Å². The number of hydrogen-bond donors (Lipinski definition) is 3. The van der Waals surface area contributed by atoms with Crippen LogP contribution in [0.1, 0.15) is 25.7 Å². The first-order chi connectivity index (χ1) is 21.8. The van der Waals surface area contributed by atoms with E-state index in [2.05, 4.69) is 54.8 Å². The predicted octanol–water partition coefficient (Wildman–Crippen LogP) is 5.40. The molecule has 0 fully saturated rings. The number of rotatable bonds is 16. The van der Waals surface area contributed by atoms with Crippen molar-refractivity contribution in [2.75, 3.05) is 39.4 Å². The highest BCUT2D eigenvalue weighted by atomic mass is 16.5. The van der Waals surface area contributed by atoms with E-state index in [1.165, 1.54) is 12.8 Å². The zero-order valence-electron chi connectivity index (χ0n) is 24.9. The van der Waals surface area contributed by atoms with Gasteiger partial charge in [0.05, 0.1) is 40.5 Å². The molecule has 0 saturated carbocycles. The Kier molecular flexibility index (Phi) is 9.99. The van der Waals surface area contributed by atoms with Crippen molar-refractivity contribution in [2.45, 2.75) is 31.7 Å². The second kappa shape index (κ2) is 14.8. The Labute approximate surface area is 257 Å². The maximum absolute atomic E-state index is 6.26. The summed E-state index contributed by atoms with van der Waals surface area (Å²) >= 11 is 0. The molecule has 4 aromatic heterocycles. The van der Waals surface area contributed by atoms with Gasteiger partial charge in [-0.1, -0.05) is 49.2 Å². The van der Waals surface area contributed by atoms with Gasteiger partial charge in [-0.2, -0.15) is 0 Å². The predicted molar refractivity (Wildman–Crippen MR) is 177 cm³/mol. The van der Waals surface area contributed by atoms with Crippen LogP contribution >= 0.6 is 0 Å². The number of benzene rings is 2. The second-order valence-electron chi connectivity index (χ2n) is 11.0. The molecule has 0 spiro atoms. The van der Waals surface area contributed by atoms with Crippen LogP contribution in [0.2, 0.25) is 0 Å². The van der Waals surface area contributed by atoms with Gasteiger partial charge in [0, 0.05) is 47.0 Å². The van der Waals surface area contributed by atoms with Crippen LogP contribution in [-0.4, -0.2) is 65.4 Å². The molecule has 0 amide bonds. The third-order valence-electron chi connectivity index (χ3n) is 7.73. The summed E-state index contributed by atoms with van der Waals surface area (Å²) in [5, 5.41) is 11.2. The van der Waals surface area contributed by atoms with E-state index in [1.807, 2.05) is 36.4 Å². The normalized spacial score (nSPS) is 11.7. The smallest absolute Gasteiger partial charge is 0.138 e. The van der Waals surface area contributed by atoms with Gasteiger partial charge in [-0.15, -0.1) is 0 Å². The summed E-state index contributed by atoms with van der Waals surface area (Å²) in [5.41, 5.74) is 9.09. The molecule has 6 rings (SSSR count). The van der Waals surface area contributed by atoms with E-state index in [9.17, 15) is 0 Å². The zero-order chi connectivity index (χ0) is 30.0. The van der Waals surface area contributed by atoms with E-state index >= 15 is 0 Å². The molecule has 44 heavy (non-hydrogen) atoms. The fourth-order valence-corrected chi connectivity index (χ4v) is 5.41. The van der Waals surface area contributed by atoms with Gasteiger partial charge in [0.25, 0.3) is 0 Å². The molecule has 0 unspecified atom stereocenters. The molecule has 0 radical (unpaired) electrons. The highest BCUT2D eigenvalue weighted by molar-refractivity contribution is 6.03. The molecular formula is C35H39N7O2. The molecule has 226 valence electrons. The van der Waals surface area contributed by atoms with Gasteiger partial charge < -0.3 is 25.8 Å². The molecule has 4 heterocycles. The lowest BCUT2D eigenvalue weighted by Crippen LogP contribution is -2.40. The van der Waals surface area contributed by atoms with Gasteiger partial charge in [0.15, 0.2) is 0 Å². The monoisotopic (exact) mass is 589 g/mol. The SMILES string of the molecule is NCCNCCCCCCNC(COc1cnc2c(ccc3cccnc32)c1)COc1cnc2c(ccc3cccnc32)c1. The van der Waals surface area contributed by atoms with Crippen LogP contribution in [0.4, 0.5) is 0 Å². The number of nitrogens with two attached hydrogens (primary N) is 1. The van der Waals surface area contributed by atoms with Gasteiger partial charge in [-0.3, -0.25) is 19.9 Å². The number of pyridine rings is 4. The Bertz CT molecular complexity index is 1710. The van der Waals surface area contributed by atoms with Crippen LogP contribution in [0, 0.1) is 0 Å². The maximum atomic E-state index is 6.26. The summed E-state index contributed by atoms with van der Waals surface area (Å²) in [6.45, 7) is 4.35. The number of unbranched alkanes of at least 4 members (excludes halogenated alkanes) is 3. The minimum absolute atomic E-state index is 0.0239. The van der Waals surface area contributed by atoms with Gasteiger partial charge in [0.2, 0.25) is 0 Å². The molecule has 2 aromatic carbocycles. The Morgan fingerprint density at radius 1 is 0.591 bits per heavy atom. The standard InChI is InChI=1S/C35H39N7O2/c36-13-18-37-14-3-1-2-4-15-38-29(23-43-30-19-27-11-9-25-7-5-16-39-32(25)34(27)41-21-30)24-44-31-20-28-12-10-26-8-6-17-40-33(26)35(28)42-22-31/h5-12,16-17,19-22,29,37-38H,1-4,13-15,18,23-24,36H2. The van der Waals surface area contributed by atoms with Crippen LogP contribution < -0.4 is 25.8 Å². The van der Waals surface area contributed by atoms with Crippen molar-refractivity contribution in [2.24, 2.45) is 5.73 Å². The largest absolute Gasteiger partial charge is 0.490 e. The summed E-state index contributed by atoms with van der Waals surface area (Å²) < 4.78 is 12.5. The van der Waals surface area contributed by atoms with Crippen molar-refractivity contribution in [3.05, 3.63) is 85.5 Å². The van der Waals surface area contributed by atoms with Crippen molar-refractivity contribution in [3.63, 3.8) is 0 Å². The van der Waals surface area contributed by atoms with Crippen molar-refractivity contribution >= 4 is 43.6 Å². The number of nitrogens with one attached hydrogen (secondary N) is 2. The molecule has 0 bridgehead atoms. The van der Waals surface area contributed by atoms with Gasteiger partial charge in [-0.05, 0) is 50.2 Å². The van der Waals surface area contributed by atoms with Gasteiger partial charge in [0.1, 0.15) is 24.7 Å². The zero-order valence-corrected chi connectivity index (χ0v) is 24.9. The molecular weight excluding hydrogens is 550 g/mol. The molecule has 0 aliphatic rings. The Hall–Kier alpha value is -4.44. The van der Waals surface area contributed by atoms with Crippen LogP contribution in [0.5, 0.6) is 11.5 Å². The topological polar surface area (TPSA) is 120 Å². The Balaban J connectivity index is 1.09. The molecule has 0 saturated heterocycles. The lowest BCUT2D eigenvalue weighted by molar-refractivity contribution is 0.195. The molecule has 4 N–H and O–H groups in total. The van der Waals surface area contributed by atoms with Crippen LogP contribution in [0.15, 0.2) is 85.5 Å². The van der Waals surface area contributed by atoms with E-state index in [-0.39, 0.29) is 6.04 Å². The number of ether oxygens (including phenoxy) is 2. The highest BCUT2D eigenvalue weighted by Crippen LogP contribution is 2.26. The van der Waals surface area contributed by atoms with Crippen LogP contribution in [0.3, 0.4) is 0 Å². The maximum Gasteiger partial charge on any atom is 0.138 e. The first-order valence-electron chi connectivity index (χ1n) is 15.5. The second-order valence-corrected chi connectivity index (χ2v) is 11.0. The minimum Gasteiger partial charge on any atom is -0.490 e. The van der Waals surface area contributed by atoms with Crippen molar-refractivity contribution in [1.82, 2.24) is 30.6 Å². The molecule has 0 aliphatic carbocycles. The van der Waals surface area contributed by atoms with Gasteiger partial charge >= 0.3 is 0 Å². The van der Waals surface area contributed by atoms with E-state index in [0.717, 1.165) is 87.6 Å². The molecule has 9 nitrogen and oxygen atoms in total. The molecule has 9 heteroatoms. The summed E-state index contributed by atoms with van der Waals surface area (Å²) in [6.07, 6.45) is 11.8. The fourth-order valence-electron chi connectivity index (χ4n) is 5.41. The molecule has 6 aromatic rings. The Morgan fingerprint density at radius 2 is 1.11 bits per heavy atom. The van der Waals surface area contributed by atoms with Crippen molar-refractivity contribution in [3.8, 4) is 11.5 Å². The highest BCUT2D eigenvalue weighted by Gasteiger charge is 2.13. The minimum atomic E-state index is -0.0239.